The Hall–Kier alpha value is -1.39. The van der Waals surface area contributed by atoms with Gasteiger partial charge in [-0.3, -0.25) is 9.59 Å². The Labute approximate surface area is 143 Å². The van der Waals surface area contributed by atoms with Gasteiger partial charge in [0.1, 0.15) is 0 Å². The number of rotatable bonds is 4. The van der Waals surface area contributed by atoms with Crippen LogP contribution in [0.5, 0.6) is 0 Å². The molecule has 0 spiro atoms. The van der Waals surface area contributed by atoms with Gasteiger partial charge >= 0.3 is 0 Å². The summed E-state index contributed by atoms with van der Waals surface area (Å²) in [5.41, 5.74) is 0.651. The molecule has 0 bridgehead atoms. The zero-order valence-corrected chi connectivity index (χ0v) is 15.0. The van der Waals surface area contributed by atoms with Gasteiger partial charge in [0.05, 0.1) is 0 Å². The minimum absolute atomic E-state index is 0.00270. The third-order valence-electron chi connectivity index (χ3n) is 4.06. The molecule has 0 aliphatic carbocycles. The van der Waals surface area contributed by atoms with Gasteiger partial charge in [-0.25, -0.2) is 0 Å². The van der Waals surface area contributed by atoms with Crippen LogP contribution in [0.3, 0.4) is 0 Å². The van der Waals surface area contributed by atoms with Crippen LogP contribution in [0.15, 0.2) is 24.3 Å². The van der Waals surface area contributed by atoms with E-state index in [1.807, 2.05) is 0 Å². The van der Waals surface area contributed by atoms with Crippen molar-refractivity contribution < 1.29 is 9.59 Å². The molecule has 0 saturated carbocycles. The van der Waals surface area contributed by atoms with Crippen LogP contribution in [0.25, 0.3) is 0 Å². The molecule has 2 rings (SSSR count). The Bertz CT molecular complexity index is 578. The second-order valence-electron chi connectivity index (χ2n) is 7.70. The molecular weight excluding hydrogens is 312 g/mol. The van der Waals surface area contributed by atoms with Crippen molar-refractivity contribution in [3.63, 3.8) is 0 Å². The Morgan fingerprint density at radius 1 is 1.13 bits per heavy atom. The fraction of sp³-hybridized carbons (Fsp3) is 0.556. The highest BCUT2D eigenvalue weighted by Crippen LogP contribution is 2.28. The van der Waals surface area contributed by atoms with Crippen LogP contribution in [0.4, 0.5) is 0 Å². The first-order valence-corrected chi connectivity index (χ1v) is 8.32. The van der Waals surface area contributed by atoms with E-state index in [1.54, 1.807) is 24.3 Å². The molecule has 0 radical (unpaired) electrons. The largest absolute Gasteiger partial charge is 0.347 e. The molecule has 1 saturated heterocycles. The number of nitrogens with one attached hydrogen (secondary N) is 2. The smallest absolute Gasteiger partial charge is 0.287 e. The van der Waals surface area contributed by atoms with E-state index in [0.29, 0.717) is 5.02 Å². The highest BCUT2D eigenvalue weighted by molar-refractivity contribution is 6.36. The third-order valence-corrected chi connectivity index (χ3v) is 4.31. The summed E-state index contributed by atoms with van der Waals surface area (Å²) in [6.45, 7) is 8.45. The van der Waals surface area contributed by atoms with Gasteiger partial charge in [-0.05, 0) is 58.2 Å². The summed E-state index contributed by atoms with van der Waals surface area (Å²) in [5, 5.41) is 7.08. The van der Waals surface area contributed by atoms with Crippen molar-refractivity contribution in [2.75, 3.05) is 0 Å². The van der Waals surface area contributed by atoms with E-state index in [4.69, 9.17) is 11.6 Å². The van der Waals surface area contributed by atoms with Gasteiger partial charge in [-0.1, -0.05) is 23.7 Å². The molecule has 1 amide bonds. The maximum absolute atomic E-state index is 12.2. The number of benzene rings is 1. The molecule has 1 aliphatic heterocycles. The maximum atomic E-state index is 12.2. The minimum Gasteiger partial charge on any atom is -0.347 e. The first-order chi connectivity index (χ1) is 10.6. The first kappa shape index (κ1) is 18.0. The van der Waals surface area contributed by atoms with E-state index >= 15 is 0 Å². The number of hydrogen-bond donors (Lipinski definition) is 2. The number of Topliss-reactive ketones (excluding diaryl/α,β-unsaturated/α-hetero) is 1. The molecule has 1 aliphatic rings. The highest BCUT2D eigenvalue weighted by Gasteiger charge is 2.38. The molecule has 23 heavy (non-hydrogen) atoms. The molecule has 1 aromatic rings. The Balaban J connectivity index is 1.95. The van der Waals surface area contributed by atoms with Gasteiger partial charge in [-0.15, -0.1) is 0 Å². The van der Waals surface area contributed by atoms with Gasteiger partial charge < -0.3 is 10.6 Å². The van der Waals surface area contributed by atoms with Crippen LogP contribution in [-0.4, -0.2) is 28.8 Å². The standard InChI is InChI=1S/C18H25ClN2O2/c1-17(2)10-14(11-18(3,4)21-17)20-16(23)15(22)9-12-5-7-13(19)8-6-12/h5-8,14,21H,9-11H2,1-4H3,(H,20,23). The SMILES string of the molecule is CC1(C)CC(NC(=O)C(=O)Cc2ccc(Cl)cc2)CC(C)(C)N1. The summed E-state index contributed by atoms with van der Waals surface area (Å²) >= 11 is 5.82. The zero-order valence-electron chi connectivity index (χ0n) is 14.2. The Morgan fingerprint density at radius 2 is 1.65 bits per heavy atom. The van der Waals surface area contributed by atoms with E-state index in [2.05, 4.69) is 38.3 Å². The topological polar surface area (TPSA) is 58.2 Å². The molecule has 126 valence electrons. The van der Waals surface area contributed by atoms with Crippen molar-refractivity contribution in [2.45, 2.75) is 64.1 Å². The van der Waals surface area contributed by atoms with Gasteiger partial charge in [0, 0.05) is 28.6 Å². The fourth-order valence-electron chi connectivity index (χ4n) is 3.56. The summed E-state index contributed by atoms with van der Waals surface area (Å²) in [5.74, 6) is -0.917. The highest BCUT2D eigenvalue weighted by atomic mass is 35.5. The molecule has 2 N–H and O–H groups in total. The number of carbonyl (C=O) groups excluding carboxylic acids is 2. The van der Waals surface area contributed by atoms with Crippen LogP contribution < -0.4 is 10.6 Å². The van der Waals surface area contributed by atoms with Crippen LogP contribution >= 0.6 is 11.6 Å². The van der Waals surface area contributed by atoms with Crippen LogP contribution in [0.1, 0.15) is 46.1 Å². The molecule has 1 aromatic carbocycles. The lowest BCUT2D eigenvalue weighted by molar-refractivity contribution is -0.138. The van der Waals surface area contributed by atoms with E-state index in [0.717, 1.165) is 18.4 Å². The predicted molar refractivity (Wildman–Crippen MR) is 92.6 cm³/mol. The summed E-state index contributed by atoms with van der Waals surface area (Å²) in [4.78, 5) is 24.3. The lowest BCUT2D eigenvalue weighted by Gasteiger charge is -2.46. The maximum Gasteiger partial charge on any atom is 0.287 e. The average molecular weight is 337 g/mol. The molecule has 0 unspecified atom stereocenters. The quantitative estimate of drug-likeness (QED) is 0.831. The minimum atomic E-state index is -0.501. The predicted octanol–water partition coefficient (Wildman–Crippen LogP) is 2.88. The van der Waals surface area contributed by atoms with Crippen molar-refractivity contribution in [3.8, 4) is 0 Å². The van der Waals surface area contributed by atoms with Crippen LogP contribution in [0.2, 0.25) is 5.02 Å². The Kier molecular flexibility index (Phi) is 5.17. The number of carbonyl (C=O) groups is 2. The number of ketones is 1. The molecule has 0 atom stereocenters. The second-order valence-corrected chi connectivity index (χ2v) is 8.13. The number of piperidine rings is 1. The Morgan fingerprint density at radius 3 is 2.17 bits per heavy atom. The van der Waals surface area contributed by atoms with Crippen LogP contribution in [-0.2, 0) is 16.0 Å². The van der Waals surface area contributed by atoms with E-state index in [1.165, 1.54) is 0 Å². The second kappa shape index (κ2) is 6.62. The zero-order chi connectivity index (χ0) is 17.3. The van der Waals surface area contributed by atoms with Crippen molar-refractivity contribution in [1.29, 1.82) is 0 Å². The molecule has 4 nitrogen and oxygen atoms in total. The normalized spacial score (nSPS) is 20.0. The first-order valence-electron chi connectivity index (χ1n) is 7.94. The number of hydrogen-bond acceptors (Lipinski definition) is 3. The third kappa shape index (κ3) is 5.33. The van der Waals surface area contributed by atoms with Gasteiger partial charge in [0.2, 0.25) is 5.78 Å². The fourth-order valence-corrected chi connectivity index (χ4v) is 3.68. The summed E-state index contributed by atoms with van der Waals surface area (Å²) in [6, 6.07) is 6.98. The van der Waals surface area contributed by atoms with E-state index in [9.17, 15) is 9.59 Å². The van der Waals surface area contributed by atoms with Crippen molar-refractivity contribution in [1.82, 2.24) is 10.6 Å². The summed E-state index contributed by atoms with van der Waals surface area (Å²) in [7, 11) is 0. The lowest BCUT2D eigenvalue weighted by atomic mass is 9.79. The van der Waals surface area contributed by atoms with Gasteiger partial charge in [0.15, 0.2) is 0 Å². The average Bonchev–Trinajstić information content (AvgIpc) is 2.37. The summed E-state index contributed by atoms with van der Waals surface area (Å²) < 4.78 is 0. The molecule has 5 heteroatoms. The number of halogens is 1. The van der Waals surface area contributed by atoms with Gasteiger partial charge in [-0.2, -0.15) is 0 Å². The van der Waals surface area contributed by atoms with Crippen molar-refractivity contribution >= 4 is 23.3 Å². The van der Waals surface area contributed by atoms with Crippen molar-refractivity contribution in [2.24, 2.45) is 0 Å². The molecule has 1 heterocycles. The lowest BCUT2D eigenvalue weighted by Crippen LogP contribution is -2.62. The van der Waals surface area contributed by atoms with E-state index in [-0.39, 0.29) is 23.5 Å². The van der Waals surface area contributed by atoms with E-state index < -0.39 is 11.7 Å². The molecular formula is C18H25ClN2O2. The monoisotopic (exact) mass is 336 g/mol. The molecule has 0 aromatic heterocycles. The number of amides is 1. The molecule has 1 fully saturated rings. The van der Waals surface area contributed by atoms with Gasteiger partial charge in [0.25, 0.3) is 5.91 Å². The summed E-state index contributed by atoms with van der Waals surface area (Å²) in [6.07, 6.45) is 1.70. The van der Waals surface area contributed by atoms with Crippen LogP contribution in [0, 0.1) is 0 Å². The van der Waals surface area contributed by atoms with Crippen molar-refractivity contribution in [3.05, 3.63) is 34.9 Å².